The van der Waals surface area contributed by atoms with E-state index in [1.54, 1.807) is 29.4 Å². The lowest BCUT2D eigenvalue weighted by molar-refractivity contribution is -0.117. The summed E-state index contributed by atoms with van der Waals surface area (Å²) in [7, 11) is -3.55. The van der Waals surface area contributed by atoms with Gasteiger partial charge in [0.2, 0.25) is 15.9 Å². The summed E-state index contributed by atoms with van der Waals surface area (Å²) >= 11 is 0. The third-order valence-corrected chi connectivity index (χ3v) is 8.74. The summed E-state index contributed by atoms with van der Waals surface area (Å²) in [6, 6.07) is 15.6. The summed E-state index contributed by atoms with van der Waals surface area (Å²) in [5.74, 6) is -0.110. The maximum atomic E-state index is 13.2. The van der Waals surface area contributed by atoms with Crippen molar-refractivity contribution in [2.45, 2.75) is 44.0 Å². The number of amides is 1. The van der Waals surface area contributed by atoms with Crippen LogP contribution in [0.3, 0.4) is 0 Å². The number of rotatable bonds is 7. The van der Waals surface area contributed by atoms with Crippen LogP contribution in [0.25, 0.3) is 0 Å². The second kappa shape index (κ2) is 11.4. The SMILES string of the molecule is Cc1ccc(NC(=O)CN2CCCN(Cc3ccccc3)CC2)cc1S(=O)(=O)N1CCCCC1. The van der Waals surface area contributed by atoms with Crippen LogP contribution in [0.15, 0.2) is 53.4 Å². The lowest BCUT2D eigenvalue weighted by atomic mass is 10.2. The quantitative estimate of drug-likeness (QED) is 0.653. The molecule has 34 heavy (non-hydrogen) atoms. The minimum Gasteiger partial charge on any atom is -0.325 e. The van der Waals surface area contributed by atoms with Crippen molar-refractivity contribution in [1.29, 1.82) is 0 Å². The molecule has 0 saturated carbocycles. The van der Waals surface area contributed by atoms with Crippen molar-refractivity contribution in [1.82, 2.24) is 14.1 Å². The van der Waals surface area contributed by atoms with Crippen molar-refractivity contribution >= 4 is 21.6 Å². The zero-order valence-corrected chi connectivity index (χ0v) is 20.9. The number of hydrogen-bond acceptors (Lipinski definition) is 5. The van der Waals surface area contributed by atoms with Gasteiger partial charge in [-0.1, -0.05) is 42.8 Å². The highest BCUT2D eigenvalue weighted by Crippen LogP contribution is 2.26. The first-order valence-corrected chi connectivity index (χ1v) is 13.7. The average Bonchev–Trinajstić information content (AvgIpc) is 3.06. The summed E-state index contributed by atoms with van der Waals surface area (Å²) in [5, 5.41) is 2.93. The van der Waals surface area contributed by atoms with Crippen molar-refractivity contribution in [2.24, 2.45) is 0 Å². The molecule has 0 atom stereocenters. The number of aryl methyl sites for hydroxylation is 1. The second-order valence-corrected chi connectivity index (χ2v) is 11.3. The lowest BCUT2D eigenvalue weighted by Gasteiger charge is -2.26. The first-order chi connectivity index (χ1) is 16.4. The number of piperidine rings is 1. The van der Waals surface area contributed by atoms with Gasteiger partial charge in [-0.3, -0.25) is 14.6 Å². The van der Waals surface area contributed by atoms with Crippen LogP contribution in [-0.2, 0) is 21.4 Å². The molecule has 2 aromatic rings. The summed E-state index contributed by atoms with van der Waals surface area (Å²) in [6.45, 7) is 7.82. The van der Waals surface area contributed by atoms with Gasteiger partial charge < -0.3 is 5.32 Å². The first kappa shape index (κ1) is 24.9. The smallest absolute Gasteiger partial charge is 0.243 e. The van der Waals surface area contributed by atoms with Gasteiger partial charge >= 0.3 is 0 Å². The van der Waals surface area contributed by atoms with Crippen LogP contribution >= 0.6 is 0 Å². The second-order valence-electron chi connectivity index (χ2n) is 9.38. The van der Waals surface area contributed by atoms with Crippen LogP contribution in [-0.4, -0.2) is 74.2 Å². The predicted octanol–water partition coefficient (Wildman–Crippen LogP) is 3.32. The highest BCUT2D eigenvalue weighted by atomic mass is 32.2. The molecule has 2 fully saturated rings. The van der Waals surface area contributed by atoms with Gasteiger partial charge in [0, 0.05) is 38.4 Å². The van der Waals surface area contributed by atoms with E-state index in [2.05, 4.69) is 39.4 Å². The Hall–Kier alpha value is -2.26. The highest BCUT2D eigenvalue weighted by molar-refractivity contribution is 7.89. The third kappa shape index (κ3) is 6.44. The molecule has 2 saturated heterocycles. The Morgan fingerprint density at radius 3 is 2.32 bits per heavy atom. The molecule has 2 aliphatic heterocycles. The van der Waals surface area contributed by atoms with Crippen LogP contribution in [0.5, 0.6) is 0 Å². The molecule has 0 aliphatic carbocycles. The van der Waals surface area contributed by atoms with E-state index in [-0.39, 0.29) is 5.91 Å². The molecule has 2 aromatic carbocycles. The largest absolute Gasteiger partial charge is 0.325 e. The average molecular weight is 485 g/mol. The van der Waals surface area contributed by atoms with Gasteiger partial charge in [0.25, 0.3) is 0 Å². The number of carbonyl (C=O) groups excluding carboxylic acids is 1. The van der Waals surface area contributed by atoms with E-state index >= 15 is 0 Å². The number of nitrogens with zero attached hydrogens (tertiary/aromatic N) is 3. The Morgan fingerprint density at radius 1 is 0.853 bits per heavy atom. The summed E-state index contributed by atoms with van der Waals surface area (Å²) in [6.07, 6.45) is 3.88. The van der Waals surface area contributed by atoms with Gasteiger partial charge in [-0.15, -0.1) is 0 Å². The van der Waals surface area contributed by atoms with Gasteiger partial charge in [0.15, 0.2) is 0 Å². The molecule has 4 rings (SSSR count). The lowest BCUT2D eigenvalue weighted by Crippen LogP contribution is -2.36. The fraction of sp³-hybridized carbons (Fsp3) is 0.500. The van der Waals surface area contributed by atoms with Gasteiger partial charge in [0.1, 0.15) is 0 Å². The molecular weight excluding hydrogens is 448 g/mol. The molecule has 0 aromatic heterocycles. The van der Waals surface area contributed by atoms with Crippen molar-refractivity contribution in [3.8, 4) is 0 Å². The number of sulfonamides is 1. The van der Waals surface area contributed by atoms with E-state index in [0.717, 1.165) is 58.4 Å². The van der Waals surface area contributed by atoms with E-state index in [9.17, 15) is 13.2 Å². The fourth-order valence-electron chi connectivity index (χ4n) is 4.79. The minimum absolute atomic E-state index is 0.110. The Morgan fingerprint density at radius 2 is 1.56 bits per heavy atom. The molecule has 2 aliphatic rings. The minimum atomic E-state index is -3.55. The van der Waals surface area contributed by atoms with E-state index in [0.29, 0.717) is 35.8 Å². The number of hydrogen-bond donors (Lipinski definition) is 1. The van der Waals surface area contributed by atoms with Crippen LogP contribution in [0.2, 0.25) is 0 Å². The van der Waals surface area contributed by atoms with Crippen LogP contribution in [0.4, 0.5) is 5.69 Å². The summed E-state index contributed by atoms with van der Waals surface area (Å²) in [4.78, 5) is 17.7. The van der Waals surface area contributed by atoms with E-state index in [1.807, 2.05) is 6.07 Å². The number of anilines is 1. The molecule has 1 N–H and O–H groups in total. The highest BCUT2D eigenvalue weighted by Gasteiger charge is 2.28. The molecule has 0 bridgehead atoms. The van der Waals surface area contributed by atoms with E-state index in [1.165, 1.54) is 5.56 Å². The number of nitrogens with one attached hydrogen (secondary N) is 1. The van der Waals surface area contributed by atoms with Crippen molar-refractivity contribution in [3.63, 3.8) is 0 Å². The Labute approximate surface area is 203 Å². The normalized spacial score (nSPS) is 19.0. The third-order valence-electron chi connectivity index (χ3n) is 6.70. The van der Waals surface area contributed by atoms with Crippen molar-refractivity contribution < 1.29 is 13.2 Å². The molecule has 0 radical (unpaired) electrons. The Balaban J connectivity index is 1.33. The zero-order valence-electron chi connectivity index (χ0n) is 20.1. The van der Waals surface area contributed by atoms with E-state index < -0.39 is 10.0 Å². The van der Waals surface area contributed by atoms with Crippen molar-refractivity contribution in [3.05, 3.63) is 59.7 Å². The van der Waals surface area contributed by atoms with Gasteiger partial charge in [0.05, 0.1) is 11.4 Å². The Bertz CT molecular complexity index is 1070. The van der Waals surface area contributed by atoms with Crippen LogP contribution in [0.1, 0.15) is 36.8 Å². The molecular formula is C26H36N4O3S. The maximum absolute atomic E-state index is 13.2. The predicted molar refractivity (Wildman–Crippen MR) is 135 cm³/mol. The molecule has 8 heteroatoms. The number of carbonyl (C=O) groups is 1. The fourth-order valence-corrected chi connectivity index (χ4v) is 6.55. The standard InChI is InChI=1S/C26H36N4O3S/c1-22-11-12-24(19-25(22)34(32,33)30-15-6-3-7-16-30)27-26(31)21-29-14-8-13-28(17-18-29)20-23-9-4-2-5-10-23/h2,4-5,9-12,19H,3,6-8,13-18,20-21H2,1H3,(H,27,31). The van der Waals surface area contributed by atoms with Crippen molar-refractivity contribution in [2.75, 3.05) is 51.1 Å². The number of benzene rings is 2. The summed E-state index contributed by atoms with van der Waals surface area (Å²) in [5.41, 5.74) is 2.55. The van der Waals surface area contributed by atoms with Gasteiger partial charge in [-0.25, -0.2) is 8.42 Å². The molecule has 0 unspecified atom stereocenters. The van der Waals surface area contributed by atoms with Gasteiger partial charge in [-0.2, -0.15) is 4.31 Å². The molecule has 1 amide bonds. The first-order valence-electron chi connectivity index (χ1n) is 12.3. The van der Waals surface area contributed by atoms with Gasteiger partial charge in [-0.05, 0) is 62.5 Å². The Kier molecular flexibility index (Phi) is 8.37. The zero-order chi connectivity index (χ0) is 24.0. The van der Waals surface area contributed by atoms with Crippen LogP contribution < -0.4 is 5.32 Å². The summed E-state index contributed by atoms with van der Waals surface area (Å²) < 4.78 is 27.9. The topological polar surface area (TPSA) is 73.0 Å². The molecule has 0 spiro atoms. The van der Waals surface area contributed by atoms with Crippen LogP contribution in [0, 0.1) is 6.92 Å². The monoisotopic (exact) mass is 484 g/mol. The molecule has 7 nitrogen and oxygen atoms in total. The van der Waals surface area contributed by atoms with E-state index in [4.69, 9.17) is 0 Å². The molecule has 2 heterocycles. The maximum Gasteiger partial charge on any atom is 0.243 e. The molecule has 184 valence electrons.